The number of rotatable bonds is 8. The predicted octanol–water partition coefficient (Wildman–Crippen LogP) is 2.54. The maximum Gasteiger partial charge on any atom is 0.122 e. The molecule has 3 heteroatoms. The van der Waals surface area contributed by atoms with E-state index in [1.807, 2.05) is 18.2 Å². The highest BCUT2D eigenvalue weighted by molar-refractivity contribution is 5.22. The lowest BCUT2D eigenvalue weighted by Crippen LogP contribution is -2.14. The number of nitrogens with one attached hydrogen (secondary N) is 1. The van der Waals surface area contributed by atoms with E-state index >= 15 is 0 Å². The molecule has 0 atom stereocenters. The number of hydrogen-bond donors (Lipinski definition) is 1. The first-order valence-electron chi connectivity index (χ1n) is 5.76. The summed E-state index contributed by atoms with van der Waals surface area (Å²) < 4.78 is 5.55. The van der Waals surface area contributed by atoms with Crippen LogP contribution in [0.4, 0.5) is 0 Å². The van der Waals surface area contributed by atoms with Gasteiger partial charge in [-0.1, -0.05) is 13.0 Å². The third kappa shape index (κ3) is 4.94. The van der Waals surface area contributed by atoms with E-state index in [0.29, 0.717) is 6.61 Å². The van der Waals surface area contributed by atoms with Gasteiger partial charge in [0, 0.05) is 18.8 Å². The molecule has 1 aromatic heterocycles. The third-order valence-electron chi connectivity index (χ3n) is 2.11. The van der Waals surface area contributed by atoms with E-state index in [1.54, 1.807) is 6.20 Å². The average molecular weight is 220 g/mol. The topological polar surface area (TPSA) is 34.1 Å². The van der Waals surface area contributed by atoms with Gasteiger partial charge < -0.3 is 10.1 Å². The average Bonchev–Trinajstić information content (AvgIpc) is 2.30. The second-order valence-corrected chi connectivity index (χ2v) is 3.59. The van der Waals surface area contributed by atoms with Crippen LogP contribution in [0.1, 0.15) is 25.5 Å². The van der Waals surface area contributed by atoms with Gasteiger partial charge in [-0.05, 0) is 25.5 Å². The summed E-state index contributed by atoms with van der Waals surface area (Å²) >= 11 is 0. The normalized spacial score (nSPS) is 10.1. The zero-order valence-corrected chi connectivity index (χ0v) is 9.91. The van der Waals surface area contributed by atoms with Crippen molar-refractivity contribution in [3.63, 3.8) is 0 Å². The standard InChI is InChI=1S/C13H20N2O/c1-3-5-9-16-13-6-8-15-12(10-13)11-14-7-4-2/h3,6,8,10,14H,1,4-5,7,9,11H2,2H3. The molecular formula is C13H20N2O. The largest absolute Gasteiger partial charge is 0.493 e. The molecule has 0 spiro atoms. The summed E-state index contributed by atoms with van der Waals surface area (Å²) in [6.45, 7) is 8.30. The number of ether oxygens (including phenoxy) is 1. The van der Waals surface area contributed by atoms with Crippen LogP contribution in [0, 0.1) is 0 Å². The lowest BCUT2D eigenvalue weighted by Gasteiger charge is -2.07. The van der Waals surface area contributed by atoms with Crippen molar-refractivity contribution < 1.29 is 4.74 Å². The van der Waals surface area contributed by atoms with Gasteiger partial charge in [0.05, 0.1) is 12.3 Å². The highest BCUT2D eigenvalue weighted by Gasteiger charge is 1.97. The van der Waals surface area contributed by atoms with Gasteiger partial charge in [0.1, 0.15) is 5.75 Å². The zero-order chi connectivity index (χ0) is 11.6. The van der Waals surface area contributed by atoms with E-state index in [9.17, 15) is 0 Å². The summed E-state index contributed by atoms with van der Waals surface area (Å²) in [6.07, 6.45) is 5.64. The molecule has 88 valence electrons. The quantitative estimate of drug-likeness (QED) is 0.540. The van der Waals surface area contributed by atoms with Crippen molar-refractivity contribution in [2.45, 2.75) is 26.3 Å². The summed E-state index contributed by atoms with van der Waals surface area (Å²) in [7, 11) is 0. The monoisotopic (exact) mass is 220 g/mol. The van der Waals surface area contributed by atoms with Gasteiger partial charge in [-0.15, -0.1) is 6.58 Å². The van der Waals surface area contributed by atoms with E-state index < -0.39 is 0 Å². The molecule has 0 aliphatic rings. The lowest BCUT2D eigenvalue weighted by molar-refractivity contribution is 0.324. The number of hydrogen-bond acceptors (Lipinski definition) is 3. The van der Waals surface area contributed by atoms with Crippen molar-refractivity contribution in [3.05, 3.63) is 36.7 Å². The van der Waals surface area contributed by atoms with Crippen molar-refractivity contribution >= 4 is 0 Å². The predicted molar refractivity (Wildman–Crippen MR) is 66.5 cm³/mol. The first kappa shape index (κ1) is 12.7. The number of pyridine rings is 1. The number of nitrogens with zero attached hydrogens (tertiary/aromatic N) is 1. The van der Waals surface area contributed by atoms with Gasteiger partial charge in [0.15, 0.2) is 0 Å². The smallest absolute Gasteiger partial charge is 0.122 e. The molecule has 0 saturated carbocycles. The Morgan fingerprint density at radius 1 is 1.56 bits per heavy atom. The van der Waals surface area contributed by atoms with Gasteiger partial charge >= 0.3 is 0 Å². The van der Waals surface area contributed by atoms with Crippen molar-refractivity contribution in [1.82, 2.24) is 10.3 Å². The van der Waals surface area contributed by atoms with Gasteiger partial charge in [0.25, 0.3) is 0 Å². The number of aromatic nitrogens is 1. The molecule has 16 heavy (non-hydrogen) atoms. The Hall–Kier alpha value is -1.35. The molecule has 1 heterocycles. The molecule has 0 aliphatic carbocycles. The van der Waals surface area contributed by atoms with E-state index in [0.717, 1.165) is 37.4 Å². The molecule has 0 bridgehead atoms. The maximum atomic E-state index is 5.55. The molecule has 0 fully saturated rings. The third-order valence-corrected chi connectivity index (χ3v) is 2.11. The summed E-state index contributed by atoms with van der Waals surface area (Å²) in [4.78, 5) is 4.28. The molecule has 0 aromatic carbocycles. The van der Waals surface area contributed by atoms with Crippen molar-refractivity contribution in [2.24, 2.45) is 0 Å². The Balaban J connectivity index is 2.40. The second kappa shape index (κ2) is 7.88. The summed E-state index contributed by atoms with van der Waals surface area (Å²) in [6, 6.07) is 3.86. The van der Waals surface area contributed by atoms with E-state index in [1.165, 1.54) is 0 Å². The van der Waals surface area contributed by atoms with Crippen LogP contribution in [0.15, 0.2) is 31.0 Å². The van der Waals surface area contributed by atoms with Crippen LogP contribution < -0.4 is 10.1 Å². The van der Waals surface area contributed by atoms with Crippen molar-refractivity contribution in [3.8, 4) is 5.75 Å². The van der Waals surface area contributed by atoms with Crippen LogP contribution in [0.2, 0.25) is 0 Å². The van der Waals surface area contributed by atoms with Crippen LogP contribution in [0.3, 0.4) is 0 Å². The van der Waals surface area contributed by atoms with Crippen LogP contribution in [0.25, 0.3) is 0 Å². The van der Waals surface area contributed by atoms with E-state index in [-0.39, 0.29) is 0 Å². The summed E-state index contributed by atoms with van der Waals surface area (Å²) in [5.74, 6) is 0.880. The van der Waals surface area contributed by atoms with Crippen LogP contribution in [-0.4, -0.2) is 18.1 Å². The highest BCUT2D eigenvalue weighted by Crippen LogP contribution is 2.11. The molecule has 3 nitrogen and oxygen atoms in total. The van der Waals surface area contributed by atoms with Gasteiger partial charge in [-0.2, -0.15) is 0 Å². The van der Waals surface area contributed by atoms with Crippen molar-refractivity contribution in [2.75, 3.05) is 13.2 Å². The first-order valence-corrected chi connectivity index (χ1v) is 5.76. The van der Waals surface area contributed by atoms with Gasteiger partial charge in [0.2, 0.25) is 0 Å². The fraction of sp³-hybridized carbons (Fsp3) is 0.462. The minimum atomic E-state index is 0.676. The Bertz CT molecular complexity index is 313. The van der Waals surface area contributed by atoms with Crippen LogP contribution in [-0.2, 0) is 6.54 Å². The molecule has 1 aromatic rings. The van der Waals surface area contributed by atoms with E-state index in [2.05, 4.69) is 23.8 Å². The summed E-state index contributed by atoms with van der Waals surface area (Å²) in [5.41, 5.74) is 1.02. The Morgan fingerprint density at radius 2 is 2.44 bits per heavy atom. The molecule has 0 radical (unpaired) electrons. The molecule has 1 rings (SSSR count). The Kier molecular flexibility index (Phi) is 6.26. The fourth-order valence-electron chi connectivity index (χ4n) is 1.30. The maximum absolute atomic E-state index is 5.55. The minimum absolute atomic E-state index is 0.676. The van der Waals surface area contributed by atoms with Crippen LogP contribution >= 0.6 is 0 Å². The summed E-state index contributed by atoms with van der Waals surface area (Å²) in [5, 5.41) is 3.31. The second-order valence-electron chi connectivity index (χ2n) is 3.59. The van der Waals surface area contributed by atoms with Crippen molar-refractivity contribution in [1.29, 1.82) is 0 Å². The van der Waals surface area contributed by atoms with E-state index in [4.69, 9.17) is 4.74 Å². The highest BCUT2D eigenvalue weighted by atomic mass is 16.5. The molecular weight excluding hydrogens is 200 g/mol. The molecule has 0 saturated heterocycles. The van der Waals surface area contributed by atoms with Gasteiger partial charge in [-0.3, -0.25) is 4.98 Å². The lowest BCUT2D eigenvalue weighted by atomic mass is 10.3. The van der Waals surface area contributed by atoms with Gasteiger partial charge in [-0.25, -0.2) is 0 Å². The van der Waals surface area contributed by atoms with Crippen LogP contribution in [0.5, 0.6) is 5.75 Å². The minimum Gasteiger partial charge on any atom is -0.493 e. The fourth-order valence-corrected chi connectivity index (χ4v) is 1.30. The SMILES string of the molecule is C=CCCOc1ccnc(CNCCC)c1. The Labute approximate surface area is 97.5 Å². The molecule has 0 amide bonds. The molecule has 1 N–H and O–H groups in total. The Morgan fingerprint density at radius 3 is 3.19 bits per heavy atom. The zero-order valence-electron chi connectivity index (χ0n) is 9.91. The first-order chi connectivity index (χ1) is 7.86. The molecule has 0 unspecified atom stereocenters. The molecule has 0 aliphatic heterocycles.